The van der Waals surface area contributed by atoms with Crippen LogP contribution in [0.1, 0.15) is 40.6 Å². The summed E-state index contributed by atoms with van der Waals surface area (Å²) >= 11 is -1.84. The monoisotopic (exact) mass is 408 g/mol. The Morgan fingerprint density at radius 2 is 2.07 bits per heavy atom. The standard InChI is InChI=1S/C22H17FN2O3S/c1-12-5-6-14-3-2-4-20(21(14)24-12)29(27)25-22(26)19-11-16-17(23)9-15(13-7-8-13)10-18(16)28-19/h2-6,9-11,13H,7-8H2,1H3,(H,25,26). The number of hydrogen-bond acceptors (Lipinski definition) is 4. The third-order valence-corrected chi connectivity index (χ3v) is 6.19. The van der Waals surface area contributed by atoms with Crippen LogP contribution in [0.25, 0.3) is 21.9 Å². The minimum Gasteiger partial charge on any atom is -0.588 e. The zero-order valence-electron chi connectivity index (χ0n) is 15.6. The van der Waals surface area contributed by atoms with Gasteiger partial charge in [0.15, 0.2) is 5.76 Å². The first-order valence-electron chi connectivity index (χ1n) is 9.32. The molecule has 0 spiro atoms. The van der Waals surface area contributed by atoms with Crippen LogP contribution in [0.15, 0.2) is 57.8 Å². The van der Waals surface area contributed by atoms with E-state index in [1.54, 1.807) is 18.2 Å². The van der Waals surface area contributed by atoms with Crippen LogP contribution in [0.4, 0.5) is 4.39 Å². The molecule has 1 aliphatic rings. The van der Waals surface area contributed by atoms with Crippen molar-refractivity contribution in [3.8, 4) is 0 Å². The number of carbonyl (C=O) groups excluding carboxylic acids is 1. The molecule has 1 saturated carbocycles. The van der Waals surface area contributed by atoms with Crippen LogP contribution < -0.4 is 4.72 Å². The fraction of sp³-hybridized carbons (Fsp3) is 0.182. The molecule has 5 rings (SSSR count). The number of amides is 1. The predicted molar refractivity (Wildman–Crippen MR) is 109 cm³/mol. The molecule has 1 amide bonds. The lowest BCUT2D eigenvalue weighted by molar-refractivity contribution is 0.0956. The predicted octanol–water partition coefficient (Wildman–Crippen LogP) is 4.76. The van der Waals surface area contributed by atoms with Gasteiger partial charge >= 0.3 is 5.91 Å². The summed E-state index contributed by atoms with van der Waals surface area (Å²) in [6, 6.07) is 13.7. The number of para-hydroxylation sites is 1. The van der Waals surface area contributed by atoms with Gasteiger partial charge < -0.3 is 8.97 Å². The Kier molecular flexibility index (Phi) is 4.29. The SMILES string of the molecule is Cc1ccc2cccc([S+]([O-])NC(=O)c3cc4c(F)cc(C5CC5)cc4o3)c2n1. The number of aryl methyl sites for hydroxylation is 1. The van der Waals surface area contributed by atoms with Crippen molar-refractivity contribution in [2.24, 2.45) is 0 Å². The average Bonchev–Trinajstić information content (AvgIpc) is 3.46. The minimum absolute atomic E-state index is 0.0791. The summed E-state index contributed by atoms with van der Waals surface area (Å²) in [5.41, 5.74) is 2.56. The Bertz CT molecular complexity index is 1270. The van der Waals surface area contributed by atoms with E-state index in [4.69, 9.17) is 4.42 Å². The fourth-order valence-electron chi connectivity index (χ4n) is 3.44. The van der Waals surface area contributed by atoms with Gasteiger partial charge in [-0.25, -0.2) is 9.37 Å². The molecular weight excluding hydrogens is 391 g/mol. The van der Waals surface area contributed by atoms with Crippen molar-refractivity contribution >= 4 is 39.1 Å². The zero-order valence-corrected chi connectivity index (χ0v) is 16.4. The largest absolute Gasteiger partial charge is 0.588 e. The number of benzene rings is 2. The van der Waals surface area contributed by atoms with E-state index in [1.165, 1.54) is 12.1 Å². The maximum absolute atomic E-state index is 14.4. The van der Waals surface area contributed by atoms with Gasteiger partial charge in [-0.1, -0.05) is 18.2 Å². The average molecular weight is 408 g/mol. The van der Waals surface area contributed by atoms with Crippen LogP contribution in [0.2, 0.25) is 0 Å². The molecule has 1 fully saturated rings. The number of furan rings is 1. The van der Waals surface area contributed by atoms with Gasteiger partial charge in [0.05, 0.1) is 5.39 Å². The molecule has 2 aromatic heterocycles. The summed E-state index contributed by atoms with van der Waals surface area (Å²) in [4.78, 5) is 17.4. The van der Waals surface area contributed by atoms with E-state index in [-0.39, 0.29) is 11.1 Å². The molecule has 0 saturated heterocycles. The lowest BCUT2D eigenvalue weighted by Gasteiger charge is -2.11. The summed E-state index contributed by atoms with van der Waals surface area (Å²) in [7, 11) is 0. The first kappa shape index (κ1) is 18.1. The van der Waals surface area contributed by atoms with Crippen LogP contribution in [0.3, 0.4) is 0 Å². The van der Waals surface area contributed by atoms with Gasteiger partial charge in [0.25, 0.3) is 0 Å². The van der Waals surface area contributed by atoms with Gasteiger partial charge in [-0.05, 0) is 55.5 Å². The molecule has 0 radical (unpaired) electrons. The number of aromatic nitrogens is 1. The van der Waals surface area contributed by atoms with Crippen molar-refractivity contribution in [3.63, 3.8) is 0 Å². The highest BCUT2D eigenvalue weighted by Gasteiger charge is 2.27. The number of pyridine rings is 1. The second-order valence-corrected chi connectivity index (χ2v) is 8.46. The third-order valence-electron chi connectivity index (χ3n) is 5.09. The van der Waals surface area contributed by atoms with Crippen molar-refractivity contribution < 1.29 is 18.2 Å². The smallest absolute Gasteiger partial charge is 0.328 e. The zero-order chi connectivity index (χ0) is 20.1. The van der Waals surface area contributed by atoms with Crippen LogP contribution in [-0.4, -0.2) is 15.4 Å². The van der Waals surface area contributed by atoms with Crippen molar-refractivity contribution in [2.45, 2.75) is 30.6 Å². The molecule has 0 aliphatic heterocycles. The molecule has 2 heterocycles. The fourth-order valence-corrected chi connectivity index (χ4v) is 4.36. The van der Waals surface area contributed by atoms with E-state index >= 15 is 0 Å². The molecule has 5 nitrogen and oxygen atoms in total. The molecule has 4 aromatic rings. The normalized spacial score (nSPS) is 15.0. The van der Waals surface area contributed by atoms with E-state index in [2.05, 4.69) is 9.71 Å². The summed E-state index contributed by atoms with van der Waals surface area (Å²) in [5, 5.41) is 1.07. The maximum atomic E-state index is 14.4. The highest BCUT2D eigenvalue weighted by molar-refractivity contribution is 7.90. The molecule has 1 atom stereocenters. The summed E-state index contributed by atoms with van der Waals surface area (Å²) < 4.78 is 35.2. The summed E-state index contributed by atoms with van der Waals surface area (Å²) in [5.74, 6) is -0.797. The Labute approximate surface area is 169 Å². The van der Waals surface area contributed by atoms with Gasteiger partial charge in [-0.2, -0.15) is 4.72 Å². The van der Waals surface area contributed by atoms with Crippen molar-refractivity contribution in [2.75, 3.05) is 0 Å². The van der Waals surface area contributed by atoms with E-state index in [9.17, 15) is 13.7 Å². The number of rotatable bonds is 4. The highest BCUT2D eigenvalue weighted by Crippen LogP contribution is 2.41. The first-order valence-corrected chi connectivity index (χ1v) is 10.5. The number of fused-ring (bicyclic) bond motifs is 2. The Hall–Kier alpha value is -2.90. The molecule has 2 aromatic carbocycles. The van der Waals surface area contributed by atoms with Crippen LogP contribution >= 0.6 is 0 Å². The lowest BCUT2D eigenvalue weighted by Crippen LogP contribution is -2.30. The minimum atomic E-state index is -1.84. The van der Waals surface area contributed by atoms with Gasteiger partial charge in [0.2, 0.25) is 4.90 Å². The quantitative estimate of drug-likeness (QED) is 0.494. The van der Waals surface area contributed by atoms with E-state index < -0.39 is 23.1 Å². The molecule has 1 aliphatic carbocycles. The van der Waals surface area contributed by atoms with Crippen molar-refractivity contribution in [3.05, 3.63) is 71.4 Å². The van der Waals surface area contributed by atoms with E-state index in [0.717, 1.165) is 29.5 Å². The van der Waals surface area contributed by atoms with Crippen molar-refractivity contribution in [1.29, 1.82) is 0 Å². The van der Waals surface area contributed by atoms with E-state index in [1.807, 2.05) is 25.1 Å². The molecule has 146 valence electrons. The summed E-state index contributed by atoms with van der Waals surface area (Å²) in [6.45, 7) is 1.84. The summed E-state index contributed by atoms with van der Waals surface area (Å²) in [6.07, 6.45) is 2.08. The molecule has 0 bridgehead atoms. The Morgan fingerprint density at radius 3 is 2.86 bits per heavy atom. The molecule has 29 heavy (non-hydrogen) atoms. The number of nitrogens with one attached hydrogen (secondary N) is 1. The Morgan fingerprint density at radius 1 is 1.24 bits per heavy atom. The topological polar surface area (TPSA) is 78.2 Å². The van der Waals surface area contributed by atoms with Gasteiger partial charge in [0, 0.05) is 17.1 Å². The van der Waals surface area contributed by atoms with Gasteiger partial charge in [-0.15, -0.1) is 0 Å². The van der Waals surface area contributed by atoms with Crippen LogP contribution in [0.5, 0.6) is 0 Å². The number of halogens is 1. The van der Waals surface area contributed by atoms with Crippen LogP contribution in [-0.2, 0) is 11.4 Å². The third kappa shape index (κ3) is 3.36. The molecule has 1 unspecified atom stereocenters. The maximum Gasteiger partial charge on any atom is 0.328 e. The van der Waals surface area contributed by atoms with Crippen LogP contribution in [0, 0.1) is 12.7 Å². The lowest BCUT2D eigenvalue weighted by atomic mass is 10.1. The first-order chi connectivity index (χ1) is 14.0. The molecule has 7 heteroatoms. The molecule has 1 N–H and O–H groups in total. The van der Waals surface area contributed by atoms with Gasteiger partial charge in [0.1, 0.15) is 28.3 Å². The molecular formula is C22H17FN2O3S. The van der Waals surface area contributed by atoms with Crippen molar-refractivity contribution in [1.82, 2.24) is 9.71 Å². The van der Waals surface area contributed by atoms with E-state index in [0.29, 0.717) is 21.9 Å². The highest BCUT2D eigenvalue weighted by atomic mass is 32.2. The van der Waals surface area contributed by atoms with Gasteiger partial charge in [-0.3, -0.25) is 4.79 Å². The second kappa shape index (κ2) is 6.86. The number of nitrogens with zero attached hydrogens (tertiary/aromatic N) is 1. The second-order valence-electron chi connectivity index (χ2n) is 7.28. The number of carbonyl (C=O) groups is 1. The Balaban J connectivity index is 1.44. The number of hydrogen-bond donors (Lipinski definition) is 1.